The van der Waals surface area contributed by atoms with Crippen molar-refractivity contribution in [1.82, 2.24) is 4.90 Å². The van der Waals surface area contributed by atoms with E-state index in [9.17, 15) is 27.6 Å². The summed E-state index contributed by atoms with van der Waals surface area (Å²) >= 11 is 2.81. The van der Waals surface area contributed by atoms with Crippen LogP contribution in [0.4, 0.5) is 18.9 Å². The molecule has 1 N–H and O–H groups in total. The van der Waals surface area contributed by atoms with Crippen LogP contribution in [0.1, 0.15) is 26.3 Å². The molecule has 0 atom stereocenters. The molecule has 3 amide bonds. The lowest BCUT2D eigenvalue weighted by atomic mass is 10.1. The molecule has 0 bridgehead atoms. The van der Waals surface area contributed by atoms with Gasteiger partial charge in [0, 0.05) is 10.2 Å². The molecule has 0 unspecified atom stereocenters. The third-order valence-electron chi connectivity index (χ3n) is 3.74. The summed E-state index contributed by atoms with van der Waals surface area (Å²) in [5, 5.41) is 2.27. The highest BCUT2D eigenvalue weighted by Gasteiger charge is 2.36. The summed E-state index contributed by atoms with van der Waals surface area (Å²) in [5.41, 5.74) is -0.667. The number of hydrogen-bond acceptors (Lipinski definition) is 3. The van der Waals surface area contributed by atoms with Gasteiger partial charge >= 0.3 is 6.18 Å². The molecule has 5 nitrogen and oxygen atoms in total. The highest BCUT2D eigenvalue weighted by atomic mass is 79.9. The van der Waals surface area contributed by atoms with Crippen LogP contribution >= 0.6 is 15.9 Å². The zero-order valence-corrected chi connectivity index (χ0v) is 14.5. The highest BCUT2D eigenvalue weighted by molar-refractivity contribution is 9.10. The minimum atomic E-state index is -4.60. The Morgan fingerprint density at radius 2 is 1.62 bits per heavy atom. The van der Waals surface area contributed by atoms with Crippen molar-refractivity contribution in [2.75, 3.05) is 11.9 Å². The Morgan fingerprint density at radius 1 is 1.04 bits per heavy atom. The van der Waals surface area contributed by atoms with Crippen LogP contribution in [0.3, 0.4) is 0 Å². The maximum Gasteiger partial charge on any atom is 0.417 e. The molecule has 0 spiro atoms. The lowest BCUT2D eigenvalue weighted by Crippen LogP contribution is -2.37. The molecule has 0 saturated heterocycles. The SMILES string of the molecule is O=C(CN1C(=O)c2ccccc2C1=O)Nc1ccc(Br)c(C(F)(F)F)c1. The molecule has 2 aromatic carbocycles. The maximum absolute atomic E-state index is 12.9. The molecular formula is C17H10BrF3N2O3. The topological polar surface area (TPSA) is 66.5 Å². The van der Waals surface area contributed by atoms with Crippen LogP contribution < -0.4 is 5.32 Å². The van der Waals surface area contributed by atoms with Gasteiger partial charge in [-0.3, -0.25) is 19.3 Å². The number of benzene rings is 2. The van der Waals surface area contributed by atoms with E-state index in [4.69, 9.17) is 0 Å². The first kappa shape index (κ1) is 18.1. The van der Waals surface area contributed by atoms with Crippen LogP contribution in [0.15, 0.2) is 46.9 Å². The van der Waals surface area contributed by atoms with Crippen molar-refractivity contribution in [2.45, 2.75) is 6.18 Å². The smallest absolute Gasteiger partial charge is 0.325 e. The van der Waals surface area contributed by atoms with E-state index in [2.05, 4.69) is 21.2 Å². The summed E-state index contributed by atoms with van der Waals surface area (Å²) in [6.45, 7) is -0.593. The Morgan fingerprint density at radius 3 is 2.15 bits per heavy atom. The molecule has 134 valence electrons. The quantitative estimate of drug-likeness (QED) is 0.760. The highest BCUT2D eigenvalue weighted by Crippen LogP contribution is 2.36. The number of hydrogen-bond donors (Lipinski definition) is 1. The number of alkyl halides is 3. The zero-order valence-electron chi connectivity index (χ0n) is 12.9. The van der Waals surface area contributed by atoms with Crippen molar-refractivity contribution in [3.05, 3.63) is 63.6 Å². The number of carbonyl (C=O) groups excluding carboxylic acids is 3. The van der Waals surface area contributed by atoms with Gasteiger partial charge in [-0.2, -0.15) is 13.2 Å². The van der Waals surface area contributed by atoms with Crippen molar-refractivity contribution >= 4 is 39.3 Å². The van der Waals surface area contributed by atoms with Gasteiger partial charge in [0.1, 0.15) is 6.54 Å². The van der Waals surface area contributed by atoms with E-state index in [1.807, 2.05) is 0 Å². The van der Waals surface area contributed by atoms with Crippen molar-refractivity contribution in [3.8, 4) is 0 Å². The molecule has 9 heteroatoms. The summed E-state index contributed by atoms with van der Waals surface area (Å²) in [5.74, 6) is -2.02. The lowest BCUT2D eigenvalue weighted by molar-refractivity contribution is -0.138. The first-order valence-electron chi connectivity index (χ1n) is 7.30. The molecule has 0 aromatic heterocycles. The standard InChI is InChI=1S/C17H10BrF3N2O3/c18-13-6-5-9(7-12(13)17(19,20)21)22-14(24)8-23-15(25)10-3-1-2-4-11(10)16(23)26/h1-7H,8H2,(H,22,24). The monoisotopic (exact) mass is 426 g/mol. The Labute approximate surface area is 153 Å². The van der Waals surface area contributed by atoms with Gasteiger partial charge in [-0.25, -0.2) is 0 Å². The van der Waals surface area contributed by atoms with Gasteiger partial charge in [-0.15, -0.1) is 0 Å². The van der Waals surface area contributed by atoms with Crippen molar-refractivity contribution in [2.24, 2.45) is 0 Å². The fourth-order valence-corrected chi connectivity index (χ4v) is 3.02. The summed E-state index contributed by atoms with van der Waals surface area (Å²) < 4.78 is 38.6. The van der Waals surface area contributed by atoms with Gasteiger partial charge in [0.05, 0.1) is 16.7 Å². The number of nitrogens with one attached hydrogen (secondary N) is 1. The van der Waals surface area contributed by atoms with E-state index in [0.717, 1.165) is 17.0 Å². The van der Waals surface area contributed by atoms with E-state index in [-0.39, 0.29) is 21.3 Å². The normalized spacial score (nSPS) is 13.8. The zero-order chi connectivity index (χ0) is 19.1. The maximum atomic E-state index is 12.9. The molecule has 1 aliphatic heterocycles. The Bertz CT molecular complexity index is 893. The molecule has 1 heterocycles. The minimum Gasteiger partial charge on any atom is -0.325 e. The third kappa shape index (κ3) is 3.34. The number of fused-ring (bicyclic) bond motifs is 1. The van der Waals surface area contributed by atoms with Crippen LogP contribution in [0.5, 0.6) is 0 Å². The van der Waals surface area contributed by atoms with Crippen LogP contribution in [-0.2, 0) is 11.0 Å². The van der Waals surface area contributed by atoms with Gasteiger partial charge in [-0.05, 0) is 30.3 Å². The average Bonchev–Trinajstić information content (AvgIpc) is 2.81. The molecule has 0 aliphatic carbocycles. The minimum absolute atomic E-state index is 0.0952. The summed E-state index contributed by atoms with van der Waals surface area (Å²) in [6.07, 6.45) is -4.60. The number of carbonyl (C=O) groups is 3. The number of anilines is 1. The fourth-order valence-electron chi connectivity index (χ4n) is 2.55. The van der Waals surface area contributed by atoms with Crippen molar-refractivity contribution < 1.29 is 27.6 Å². The second-order valence-corrected chi connectivity index (χ2v) is 6.34. The second-order valence-electron chi connectivity index (χ2n) is 5.48. The number of nitrogens with zero attached hydrogens (tertiary/aromatic N) is 1. The van der Waals surface area contributed by atoms with E-state index in [1.54, 1.807) is 12.1 Å². The summed E-state index contributed by atoms with van der Waals surface area (Å²) in [7, 11) is 0. The van der Waals surface area contributed by atoms with E-state index in [0.29, 0.717) is 0 Å². The first-order chi connectivity index (χ1) is 12.2. The van der Waals surface area contributed by atoms with E-state index >= 15 is 0 Å². The van der Waals surface area contributed by atoms with Crippen LogP contribution in [-0.4, -0.2) is 29.2 Å². The Kier molecular flexibility index (Phi) is 4.57. The second kappa shape index (κ2) is 6.56. The fraction of sp³-hybridized carbons (Fsp3) is 0.118. The predicted molar refractivity (Wildman–Crippen MR) is 89.6 cm³/mol. The average molecular weight is 427 g/mol. The van der Waals surface area contributed by atoms with Crippen LogP contribution in [0.2, 0.25) is 0 Å². The molecule has 2 aromatic rings. The first-order valence-corrected chi connectivity index (χ1v) is 8.09. The lowest BCUT2D eigenvalue weighted by Gasteiger charge is -2.15. The van der Waals surface area contributed by atoms with Gasteiger partial charge < -0.3 is 5.32 Å². The number of halogens is 4. The van der Waals surface area contributed by atoms with Crippen molar-refractivity contribution in [3.63, 3.8) is 0 Å². The largest absolute Gasteiger partial charge is 0.417 e. The summed E-state index contributed by atoms with van der Waals surface area (Å²) in [6, 6.07) is 9.32. The predicted octanol–water partition coefficient (Wildman–Crippen LogP) is 3.70. The Balaban J connectivity index is 1.75. The van der Waals surface area contributed by atoms with E-state index < -0.39 is 36.0 Å². The number of rotatable bonds is 3. The Hall–Kier alpha value is -2.68. The molecule has 26 heavy (non-hydrogen) atoms. The van der Waals surface area contributed by atoms with Crippen LogP contribution in [0, 0.1) is 0 Å². The van der Waals surface area contributed by atoms with Crippen LogP contribution in [0.25, 0.3) is 0 Å². The van der Waals surface area contributed by atoms with Gasteiger partial charge in [0.25, 0.3) is 11.8 Å². The molecule has 3 rings (SSSR count). The number of imide groups is 1. The van der Waals surface area contributed by atoms with Crippen molar-refractivity contribution in [1.29, 1.82) is 0 Å². The van der Waals surface area contributed by atoms with Gasteiger partial charge in [-0.1, -0.05) is 28.1 Å². The molecule has 0 saturated carbocycles. The number of amides is 3. The summed E-state index contributed by atoms with van der Waals surface area (Å²) in [4.78, 5) is 37.3. The molecule has 1 aliphatic rings. The van der Waals surface area contributed by atoms with E-state index in [1.165, 1.54) is 18.2 Å². The van der Waals surface area contributed by atoms with Gasteiger partial charge in [0.2, 0.25) is 5.91 Å². The molecule has 0 radical (unpaired) electrons. The molecule has 0 fully saturated rings. The molecular weight excluding hydrogens is 417 g/mol. The third-order valence-corrected chi connectivity index (χ3v) is 4.43. The van der Waals surface area contributed by atoms with Gasteiger partial charge in [0.15, 0.2) is 0 Å².